The highest BCUT2D eigenvalue weighted by molar-refractivity contribution is 7.91. The van der Waals surface area contributed by atoms with Crippen molar-refractivity contribution in [3.05, 3.63) is 11.9 Å². The molecule has 0 spiro atoms. The number of sulfone groups is 1. The zero-order chi connectivity index (χ0) is 12.7. The third-order valence-electron chi connectivity index (χ3n) is 2.44. The Balaban J connectivity index is 2.35. The fourth-order valence-electron chi connectivity index (χ4n) is 1.40. The van der Waals surface area contributed by atoms with Crippen molar-refractivity contribution in [3.8, 4) is 0 Å². The summed E-state index contributed by atoms with van der Waals surface area (Å²) in [5.74, 6) is 1.02. The van der Waals surface area contributed by atoms with Gasteiger partial charge in [0.1, 0.15) is 9.84 Å². The van der Waals surface area contributed by atoms with Crippen molar-refractivity contribution < 1.29 is 8.42 Å². The van der Waals surface area contributed by atoms with E-state index >= 15 is 0 Å². The molecule has 0 fully saturated rings. The maximum Gasteiger partial charge on any atom is 0.150 e. The molecule has 0 aromatic carbocycles. The molecule has 1 aromatic heterocycles. The van der Waals surface area contributed by atoms with E-state index in [1.54, 1.807) is 11.6 Å². The molecule has 1 rings (SSSR count). The lowest BCUT2D eigenvalue weighted by Gasteiger charge is -2.00. The topological polar surface area (TPSA) is 64.8 Å². The summed E-state index contributed by atoms with van der Waals surface area (Å²) in [4.78, 5) is 0. The van der Waals surface area contributed by atoms with Crippen LogP contribution in [0.3, 0.4) is 0 Å². The van der Waals surface area contributed by atoms with Crippen LogP contribution in [0.2, 0.25) is 0 Å². The van der Waals surface area contributed by atoms with Gasteiger partial charge in [-0.1, -0.05) is 12.1 Å². The van der Waals surface area contributed by atoms with Gasteiger partial charge < -0.3 is 0 Å². The number of nitrogens with zero attached hydrogens (tertiary/aromatic N) is 3. The van der Waals surface area contributed by atoms with Crippen LogP contribution in [0.15, 0.2) is 6.20 Å². The van der Waals surface area contributed by atoms with Gasteiger partial charge in [0.2, 0.25) is 0 Å². The average molecular weight is 280 g/mol. The van der Waals surface area contributed by atoms with E-state index in [1.165, 1.54) is 0 Å². The number of hydrogen-bond donors (Lipinski definition) is 0. The second-order valence-corrected chi connectivity index (χ2v) is 6.71. The Hall–Kier alpha value is -0.620. The summed E-state index contributed by atoms with van der Waals surface area (Å²) < 4.78 is 24.2. The number of rotatable bonds is 8. The first-order valence-electron chi connectivity index (χ1n) is 5.73. The van der Waals surface area contributed by atoms with E-state index in [2.05, 4.69) is 10.3 Å². The third-order valence-corrected chi connectivity index (χ3v) is 4.49. The Labute approximate surface area is 107 Å². The van der Waals surface area contributed by atoms with Crippen molar-refractivity contribution in [1.82, 2.24) is 15.0 Å². The Bertz CT molecular complexity index is 431. The van der Waals surface area contributed by atoms with E-state index in [0.717, 1.165) is 18.5 Å². The molecule has 7 heteroatoms. The molecule has 0 aliphatic carbocycles. The highest BCUT2D eigenvalue weighted by Gasteiger charge is 2.07. The molecule has 1 heterocycles. The van der Waals surface area contributed by atoms with Gasteiger partial charge in [0.15, 0.2) is 0 Å². The number of hydrogen-bond acceptors (Lipinski definition) is 4. The number of halogens is 1. The van der Waals surface area contributed by atoms with Crippen molar-refractivity contribution in [3.63, 3.8) is 0 Å². The van der Waals surface area contributed by atoms with Crippen LogP contribution in [0, 0.1) is 0 Å². The van der Waals surface area contributed by atoms with Crippen LogP contribution in [-0.4, -0.2) is 40.8 Å². The van der Waals surface area contributed by atoms with E-state index in [0.29, 0.717) is 18.8 Å². The van der Waals surface area contributed by atoms with Crippen LogP contribution >= 0.6 is 11.6 Å². The first kappa shape index (κ1) is 14.4. The first-order valence-corrected chi connectivity index (χ1v) is 8.08. The van der Waals surface area contributed by atoms with Crippen molar-refractivity contribution in [2.24, 2.45) is 0 Å². The van der Waals surface area contributed by atoms with Crippen LogP contribution in [0.25, 0.3) is 0 Å². The van der Waals surface area contributed by atoms with Crippen molar-refractivity contribution in [1.29, 1.82) is 0 Å². The largest absolute Gasteiger partial charge is 0.252 e. The SMILES string of the molecule is CCS(=O)(=O)CCCn1cc(CCCCl)nn1. The van der Waals surface area contributed by atoms with E-state index in [-0.39, 0.29) is 11.5 Å². The Morgan fingerprint density at radius 1 is 1.41 bits per heavy atom. The highest BCUT2D eigenvalue weighted by Crippen LogP contribution is 2.01. The smallest absolute Gasteiger partial charge is 0.150 e. The van der Waals surface area contributed by atoms with Gasteiger partial charge in [0.05, 0.1) is 11.4 Å². The molecule has 0 aliphatic heterocycles. The molecule has 0 amide bonds. The summed E-state index contributed by atoms with van der Waals surface area (Å²) in [6, 6.07) is 0. The Morgan fingerprint density at radius 3 is 2.82 bits per heavy atom. The number of alkyl halides is 1. The molecule has 0 N–H and O–H groups in total. The summed E-state index contributed by atoms with van der Waals surface area (Å²) in [5, 5.41) is 7.94. The van der Waals surface area contributed by atoms with Gasteiger partial charge in [-0.25, -0.2) is 8.42 Å². The van der Waals surface area contributed by atoms with Crippen molar-refractivity contribution in [2.45, 2.75) is 32.7 Å². The summed E-state index contributed by atoms with van der Waals surface area (Å²) in [6.07, 6.45) is 4.13. The molecule has 0 saturated carbocycles. The van der Waals surface area contributed by atoms with E-state index < -0.39 is 9.84 Å². The Kier molecular flexibility index (Phi) is 5.91. The van der Waals surface area contributed by atoms with Crippen LogP contribution in [0.4, 0.5) is 0 Å². The fraction of sp³-hybridized carbons (Fsp3) is 0.800. The maximum absolute atomic E-state index is 11.3. The van der Waals surface area contributed by atoms with Gasteiger partial charge in [-0.2, -0.15) is 0 Å². The molecule has 0 bridgehead atoms. The van der Waals surface area contributed by atoms with Gasteiger partial charge >= 0.3 is 0 Å². The van der Waals surface area contributed by atoms with Gasteiger partial charge in [-0.05, 0) is 19.3 Å². The minimum Gasteiger partial charge on any atom is -0.252 e. The number of aromatic nitrogens is 3. The molecule has 1 aromatic rings. The molecule has 0 aliphatic rings. The van der Waals surface area contributed by atoms with E-state index in [4.69, 9.17) is 11.6 Å². The quantitative estimate of drug-likeness (QED) is 0.672. The van der Waals surface area contributed by atoms with Crippen molar-refractivity contribution in [2.75, 3.05) is 17.4 Å². The van der Waals surface area contributed by atoms with Gasteiger partial charge in [0, 0.05) is 24.4 Å². The fourth-order valence-corrected chi connectivity index (χ4v) is 2.39. The van der Waals surface area contributed by atoms with E-state index in [9.17, 15) is 8.42 Å². The van der Waals surface area contributed by atoms with Gasteiger partial charge in [0.25, 0.3) is 0 Å². The third kappa shape index (κ3) is 5.50. The predicted molar refractivity (Wildman–Crippen MR) is 68.0 cm³/mol. The molecule has 0 radical (unpaired) electrons. The van der Waals surface area contributed by atoms with Gasteiger partial charge in [-0.15, -0.1) is 16.7 Å². The zero-order valence-corrected chi connectivity index (χ0v) is 11.5. The van der Waals surface area contributed by atoms with Crippen LogP contribution in [0.5, 0.6) is 0 Å². The first-order chi connectivity index (χ1) is 8.07. The number of aryl methyl sites for hydroxylation is 2. The molecular formula is C10H18ClN3O2S. The maximum atomic E-state index is 11.3. The Morgan fingerprint density at radius 2 is 2.18 bits per heavy atom. The van der Waals surface area contributed by atoms with Crippen molar-refractivity contribution >= 4 is 21.4 Å². The second kappa shape index (κ2) is 6.96. The molecule has 0 atom stereocenters. The van der Waals surface area contributed by atoms with Crippen LogP contribution in [0.1, 0.15) is 25.5 Å². The van der Waals surface area contributed by atoms with Crippen LogP contribution in [-0.2, 0) is 22.8 Å². The average Bonchev–Trinajstić information content (AvgIpc) is 2.74. The molecular weight excluding hydrogens is 262 g/mol. The van der Waals surface area contributed by atoms with Crippen LogP contribution < -0.4 is 0 Å². The molecule has 98 valence electrons. The monoisotopic (exact) mass is 279 g/mol. The molecule has 0 saturated heterocycles. The molecule has 17 heavy (non-hydrogen) atoms. The van der Waals surface area contributed by atoms with Gasteiger partial charge in [-0.3, -0.25) is 4.68 Å². The summed E-state index contributed by atoms with van der Waals surface area (Å²) in [7, 11) is -2.88. The molecule has 0 unspecified atom stereocenters. The lowest BCUT2D eigenvalue weighted by Crippen LogP contribution is -2.11. The predicted octanol–water partition coefficient (Wildman–Crippen LogP) is 1.27. The molecule has 5 nitrogen and oxygen atoms in total. The second-order valence-electron chi connectivity index (χ2n) is 3.86. The summed E-state index contributed by atoms with van der Waals surface area (Å²) >= 11 is 5.59. The normalized spacial score (nSPS) is 11.9. The minimum atomic E-state index is -2.88. The zero-order valence-electron chi connectivity index (χ0n) is 9.97. The lowest BCUT2D eigenvalue weighted by molar-refractivity contribution is 0.562. The highest BCUT2D eigenvalue weighted by atomic mass is 35.5. The lowest BCUT2D eigenvalue weighted by atomic mass is 10.3. The summed E-state index contributed by atoms with van der Waals surface area (Å²) in [5.41, 5.74) is 0.906. The summed E-state index contributed by atoms with van der Waals surface area (Å²) in [6.45, 7) is 2.25. The van der Waals surface area contributed by atoms with E-state index in [1.807, 2.05) is 6.20 Å². The minimum absolute atomic E-state index is 0.200. The standard InChI is InChI=1S/C10H18ClN3O2S/c1-2-17(15,16)8-4-7-14-9-10(12-13-14)5-3-6-11/h9H,2-8H2,1H3.